The molecule has 0 spiro atoms. The molecule has 2 nitrogen and oxygen atoms in total. The number of hydrogen-bond donors (Lipinski definition) is 1. The van der Waals surface area contributed by atoms with E-state index in [1.807, 2.05) is 0 Å². The molecular formula is C11H12F2N2. The normalized spacial score (nSPS) is 15.0. The molecule has 0 saturated heterocycles. The van der Waals surface area contributed by atoms with Gasteiger partial charge in [-0.25, -0.2) is 8.78 Å². The van der Waals surface area contributed by atoms with Crippen LogP contribution in [0.25, 0.3) is 0 Å². The summed E-state index contributed by atoms with van der Waals surface area (Å²) >= 11 is 0. The van der Waals surface area contributed by atoms with Crippen LogP contribution in [0.15, 0.2) is 17.1 Å². The number of aliphatic imine (C=N–C) groups is 1. The van der Waals surface area contributed by atoms with Crippen molar-refractivity contribution in [2.45, 2.75) is 13.3 Å². The van der Waals surface area contributed by atoms with Gasteiger partial charge in [-0.05, 0) is 18.6 Å². The molecule has 1 aromatic rings. The number of nitrogens with one attached hydrogen (secondary N) is 1. The highest BCUT2D eigenvalue weighted by Crippen LogP contribution is 2.17. The first-order valence-electron chi connectivity index (χ1n) is 4.89. The van der Waals surface area contributed by atoms with Crippen molar-refractivity contribution in [2.75, 3.05) is 13.1 Å². The van der Waals surface area contributed by atoms with Gasteiger partial charge >= 0.3 is 0 Å². The Hall–Kier alpha value is -1.45. The topological polar surface area (TPSA) is 24.4 Å². The number of hydrogen-bond acceptors (Lipinski definition) is 2. The highest BCUT2D eigenvalue weighted by molar-refractivity contribution is 5.85. The lowest BCUT2D eigenvalue weighted by molar-refractivity contribution is 0.558. The van der Waals surface area contributed by atoms with Gasteiger partial charge in [-0.2, -0.15) is 0 Å². The fourth-order valence-corrected chi connectivity index (χ4v) is 1.61. The van der Waals surface area contributed by atoms with Gasteiger partial charge in [0.15, 0.2) is 0 Å². The maximum atomic E-state index is 13.6. The molecule has 1 aromatic carbocycles. The van der Waals surface area contributed by atoms with Crippen molar-refractivity contribution in [3.63, 3.8) is 0 Å². The summed E-state index contributed by atoms with van der Waals surface area (Å²) in [7, 11) is 0. The summed E-state index contributed by atoms with van der Waals surface area (Å²) in [4.78, 5) is 4.12. The Morgan fingerprint density at radius 1 is 1.40 bits per heavy atom. The highest BCUT2D eigenvalue weighted by Gasteiger charge is 2.15. The minimum absolute atomic E-state index is 0.100. The van der Waals surface area contributed by atoms with E-state index < -0.39 is 11.6 Å². The Morgan fingerprint density at radius 3 is 2.87 bits per heavy atom. The summed E-state index contributed by atoms with van der Waals surface area (Å²) in [5.41, 5.74) is 0.563. The van der Waals surface area contributed by atoms with Crippen LogP contribution in [-0.4, -0.2) is 18.9 Å². The Kier molecular flexibility index (Phi) is 2.66. The molecule has 0 atom stereocenters. The minimum atomic E-state index is -0.505. The predicted octanol–water partition coefficient (Wildman–Crippen LogP) is 1.82. The summed E-state index contributed by atoms with van der Waals surface area (Å²) < 4.78 is 27.0. The molecule has 0 radical (unpaired) electrons. The van der Waals surface area contributed by atoms with E-state index in [9.17, 15) is 8.78 Å². The summed E-state index contributed by atoms with van der Waals surface area (Å²) in [6.45, 7) is 3.07. The van der Waals surface area contributed by atoms with Crippen molar-refractivity contribution in [2.24, 2.45) is 4.99 Å². The van der Waals surface area contributed by atoms with E-state index >= 15 is 0 Å². The van der Waals surface area contributed by atoms with Crippen LogP contribution >= 0.6 is 0 Å². The molecule has 0 amide bonds. The molecule has 1 aliphatic rings. The number of nitrogens with zero attached hydrogens (tertiary/aromatic N) is 1. The quantitative estimate of drug-likeness (QED) is 0.791. The number of rotatable bonds is 2. The highest BCUT2D eigenvalue weighted by atomic mass is 19.1. The Bertz CT molecular complexity index is 413. The lowest BCUT2D eigenvalue weighted by Crippen LogP contribution is -2.21. The van der Waals surface area contributed by atoms with E-state index in [-0.39, 0.29) is 12.0 Å². The van der Waals surface area contributed by atoms with Gasteiger partial charge in [0.2, 0.25) is 0 Å². The second-order valence-electron chi connectivity index (χ2n) is 3.59. The Labute approximate surface area is 87.0 Å². The molecule has 4 heteroatoms. The monoisotopic (exact) mass is 210 g/mol. The fourth-order valence-electron chi connectivity index (χ4n) is 1.61. The minimum Gasteiger partial charge on any atom is -0.372 e. The average Bonchev–Trinajstić information content (AvgIpc) is 2.71. The number of amidine groups is 1. The summed E-state index contributed by atoms with van der Waals surface area (Å²) in [6.07, 6.45) is 0.208. The molecule has 0 unspecified atom stereocenters. The first-order valence-corrected chi connectivity index (χ1v) is 4.89. The van der Waals surface area contributed by atoms with E-state index in [1.54, 1.807) is 6.92 Å². The van der Waals surface area contributed by atoms with Crippen molar-refractivity contribution < 1.29 is 8.78 Å². The van der Waals surface area contributed by atoms with Crippen LogP contribution in [0.4, 0.5) is 8.78 Å². The van der Waals surface area contributed by atoms with Crippen LogP contribution in [0.2, 0.25) is 0 Å². The lowest BCUT2D eigenvalue weighted by Gasteiger charge is -2.07. The van der Waals surface area contributed by atoms with Crippen molar-refractivity contribution in [1.29, 1.82) is 0 Å². The molecule has 0 aromatic heterocycles. The van der Waals surface area contributed by atoms with Gasteiger partial charge in [-0.1, -0.05) is 6.07 Å². The van der Waals surface area contributed by atoms with E-state index in [0.717, 1.165) is 6.54 Å². The molecule has 0 saturated carbocycles. The van der Waals surface area contributed by atoms with Gasteiger partial charge in [0.05, 0.1) is 6.54 Å². The predicted molar refractivity (Wildman–Crippen MR) is 55.1 cm³/mol. The van der Waals surface area contributed by atoms with Gasteiger partial charge in [0.25, 0.3) is 0 Å². The molecular weight excluding hydrogens is 198 g/mol. The second kappa shape index (κ2) is 3.96. The smallest absolute Gasteiger partial charge is 0.132 e. The van der Waals surface area contributed by atoms with Gasteiger partial charge < -0.3 is 5.32 Å². The van der Waals surface area contributed by atoms with Crippen LogP contribution < -0.4 is 5.32 Å². The van der Waals surface area contributed by atoms with Crippen molar-refractivity contribution in [1.82, 2.24) is 5.32 Å². The zero-order chi connectivity index (χ0) is 10.8. The Morgan fingerprint density at radius 2 is 2.20 bits per heavy atom. The lowest BCUT2D eigenvalue weighted by atomic mass is 10.1. The number of halogens is 2. The molecule has 0 bridgehead atoms. The van der Waals surface area contributed by atoms with Crippen LogP contribution in [0.5, 0.6) is 0 Å². The van der Waals surface area contributed by atoms with Crippen molar-refractivity contribution in [3.8, 4) is 0 Å². The zero-order valence-electron chi connectivity index (χ0n) is 8.48. The summed E-state index contributed by atoms with van der Waals surface area (Å²) in [5, 5.41) is 3.00. The third-order valence-corrected chi connectivity index (χ3v) is 2.47. The van der Waals surface area contributed by atoms with E-state index in [4.69, 9.17) is 0 Å². The molecule has 15 heavy (non-hydrogen) atoms. The van der Waals surface area contributed by atoms with Crippen LogP contribution in [0, 0.1) is 18.6 Å². The maximum Gasteiger partial charge on any atom is 0.132 e. The van der Waals surface area contributed by atoms with Gasteiger partial charge in [0, 0.05) is 18.5 Å². The first kappa shape index (κ1) is 10.1. The van der Waals surface area contributed by atoms with Crippen LogP contribution in [0.1, 0.15) is 11.1 Å². The average molecular weight is 210 g/mol. The summed E-state index contributed by atoms with van der Waals surface area (Å²) in [6, 6.07) is 2.74. The third kappa shape index (κ3) is 1.98. The van der Waals surface area contributed by atoms with Crippen molar-refractivity contribution >= 4 is 5.84 Å². The van der Waals surface area contributed by atoms with Gasteiger partial charge in [-0.15, -0.1) is 0 Å². The molecule has 1 heterocycles. The molecule has 0 fully saturated rings. The maximum absolute atomic E-state index is 13.6. The summed E-state index contributed by atoms with van der Waals surface area (Å²) in [5.74, 6) is -0.306. The molecule has 1 N–H and O–H groups in total. The molecule has 1 aliphatic heterocycles. The molecule has 2 rings (SSSR count). The van der Waals surface area contributed by atoms with Crippen LogP contribution in [-0.2, 0) is 6.42 Å². The van der Waals surface area contributed by atoms with E-state index in [1.165, 1.54) is 12.1 Å². The largest absolute Gasteiger partial charge is 0.372 e. The van der Waals surface area contributed by atoms with Gasteiger partial charge in [-0.3, -0.25) is 4.99 Å². The van der Waals surface area contributed by atoms with E-state index in [0.29, 0.717) is 17.9 Å². The van der Waals surface area contributed by atoms with Gasteiger partial charge in [0.1, 0.15) is 17.5 Å². The Balaban J connectivity index is 2.30. The standard InChI is InChI=1S/C11H12F2N2/c1-7-2-3-9(12)8(11(7)13)6-10-14-4-5-15-10/h2-3H,4-6H2,1H3,(H,14,15). The van der Waals surface area contributed by atoms with E-state index in [2.05, 4.69) is 10.3 Å². The number of aryl methyl sites for hydroxylation is 1. The number of benzene rings is 1. The second-order valence-corrected chi connectivity index (χ2v) is 3.59. The first-order chi connectivity index (χ1) is 7.18. The fraction of sp³-hybridized carbons (Fsp3) is 0.364. The van der Waals surface area contributed by atoms with Crippen LogP contribution in [0.3, 0.4) is 0 Å². The molecule has 0 aliphatic carbocycles. The SMILES string of the molecule is Cc1ccc(F)c(CC2=NCCN2)c1F. The van der Waals surface area contributed by atoms with Crippen molar-refractivity contribution in [3.05, 3.63) is 34.9 Å². The zero-order valence-corrected chi connectivity index (χ0v) is 8.48. The third-order valence-electron chi connectivity index (χ3n) is 2.47. The molecule has 80 valence electrons.